The number of aromatic nitrogens is 2. The summed E-state index contributed by atoms with van der Waals surface area (Å²) in [7, 11) is 0. The number of nitrogens with zero attached hydrogens (tertiary/aromatic N) is 2. The van der Waals surface area contributed by atoms with E-state index >= 15 is 0 Å². The zero-order chi connectivity index (χ0) is 13.4. The molecule has 2 aromatic heterocycles. The van der Waals surface area contributed by atoms with Crippen LogP contribution in [-0.4, -0.2) is 21.4 Å². The van der Waals surface area contributed by atoms with Crippen molar-refractivity contribution in [1.29, 1.82) is 0 Å². The standard InChI is InChI=1S/C14H17N3OS/c1-9-5-12(18-10(9)2)8-17-4-3-13-11(7-17)6-15-14(19)16-13/h5-6H,3-4,7-8H2,1-2H3,(H,15,16,19). The van der Waals surface area contributed by atoms with Crippen LogP contribution < -0.4 is 0 Å². The molecule has 4 nitrogen and oxygen atoms in total. The molecule has 5 heteroatoms. The molecule has 0 atom stereocenters. The average Bonchev–Trinajstić information content (AvgIpc) is 2.68. The monoisotopic (exact) mass is 275 g/mol. The highest BCUT2D eigenvalue weighted by Gasteiger charge is 2.18. The van der Waals surface area contributed by atoms with E-state index in [1.54, 1.807) is 0 Å². The summed E-state index contributed by atoms with van der Waals surface area (Å²) in [4.78, 5) is 9.71. The van der Waals surface area contributed by atoms with E-state index in [0.29, 0.717) is 4.77 Å². The van der Waals surface area contributed by atoms with Crippen LogP contribution in [0, 0.1) is 18.6 Å². The van der Waals surface area contributed by atoms with Gasteiger partial charge in [0, 0.05) is 37.0 Å². The van der Waals surface area contributed by atoms with Gasteiger partial charge in [-0.05, 0) is 37.7 Å². The van der Waals surface area contributed by atoms with Gasteiger partial charge >= 0.3 is 0 Å². The van der Waals surface area contributed by atoms with Crippen molar-refractivity contribution in [2.24, 2.45) is 0 Å². The number of fused-ring (bicyclic) bond motifs is 1. The predicted octanol–water partition coefficient (Wildman–Crippen LogP) is 2.91. The second-order valence-corrected chi connectivity index (χ2v) is 5.49. The molecule has 0 saturated heterocycles. The summed E-state index contributed by atoms with van der Waals surface area (Å²) in [5.41, 5.74) is 3.68. The Hall–Kier alpha value is -1.46. The first-order valence-electron chi connectivity index (χ1n) is 6.47. The third-order valence-electron chi connectivity index (χ3n) is 3.65. The summed E-state index contributed by atoms with van der Waals surface area (Å²) in [5, 5.41) is 0. The number of hydrogen-bond donors (Lipinski definition) is 1. The molecular weight excluding hydrogens is 258 g/mol. The summed E-state index contributed by atoms with van der Waals surface area (Å²) in [6, 6.07) is 2.13. The molecule has 0 aromatic carbocycles. The number of furan rings is 1. The lowest BCUT2D eigenvalue weighted by Crippen LogP contribution is -2.30. The van der Waals surface area contributed by atoms with Crippen LogP contribution in [0.15, 0.2) is 16.7 Å². The lowest BCUT2D eigenvalue weighted by molar-refractivity contribution is 0.222. The van der Waals surface area contributed by atoms with Gasteiger partial charge in [0.25, 0.3) is 0 Å². The summed E-state index contributed by atoms with van der Waals surface area (Å²) < 4.78 is 6.32. The van der Waals surface area contributed by atoms with Crippen LogP contribution >= 0.6 is 12.2 Å². The maximum atomic E-state index is 5.74. The third kappa shape index (κ3) is 2.62. The van der Waals surface area contributed by atoms with Gasteiger partial charge in [0.1, 0.15) is 11.5 Å². The third-order valence-corrected chi connectivity index (χ3v) is 3.86. The molecule has 2 aromatic rings. The number of H-pyrrole nitrogens is 1. The quantitative estimate of drug-likeness (QED) is 0.856. The van der Waals surface area contributed by atoms with Crippen LogP contribution in [0.1, 0.15) is 28.3 Å². The largest absolute Gasteiger partial charge is 0.465 e. The predicted molar refractivity (Wildman–Crippen MR) is 75.4 cm³/mol. The molecular formula is C14H17N3OS. The molecule has 19 heavy (non-hydrogen) atoms. The number of aromatic amines is 1. The lowest BCUT2D eigenvalue weighted by Gasteiger charge is -2.27. The second-order valence-electron chi connectivity index (χ2n) is 5.10. The van der Waals surface area contributed by atoms with E-state index in [1.807, 2.05) is 13.1 Å². The van der Waals surface area contributed by atoms with E-state index in [0.717, 1.165) is 37.6 Å². The fourth-order valence-electron chi connectivity index (χ4n) is 2.49. The summed E-state index contributed by atoms with van der Waals surface area (Å²) in [6.07, 6.45) is 2.87. The maximum Gasteiger partial charge on any atom is 0.196 e. The molecule has 0 spiro atoms. The minimum Gasteiger partial charge on any atom is -0.465 e. The smallest absolute Gasteiger partial charge is 0.196 e. The van der Waals surface area contributed by atoms with Gasteiger partial charge in [-0.15, -0.1) is 0 Å². The zero-order valence-electron chi connectivity index (χ0n) is 11.2. The molecule has 0 unspecified atom stereocenters. The highest BCUT2D eigenvalue weighted by Crippen LogP contribution is 2.20. The Balaban J connectivity index is 1.75. The normalized spacial score (nSPS) is 15.5. The van der Waals surface area contributed by atoms with Crippen LogP contribution in [0.5, 0.6) is 0 Å². The van der Waals surface area contributed by atoms with Crippen molar-refractivity contribution in [2.75, 3.05) is 6.54 Å². The van der Waals surface area contributed by atoms with Crippen molar-refractivity contribution in [2.45, 2.75) is 33.4 Å². The first-order chi connectivity index (χ1) is 9.11. The van der Waals surface area contributed by atoms with Crippen molar-refractivity contribution in [3.05, 3.63) is 45.4 Å². The maximum absolute atomic E-state index is 5.74. The lowest BCUT2D eigenvalue weighted by atomic mass is 10.1. The van der Waals surface area contributed by atoms with E-state index in [-0.39, 0.29) is 0 Å². The topological polar surface area (TPSA) is 45.1 Å². The first kappa shape index (κ1) is 12.6. The molecule has 0 amide bonds. The van der Waals surface area contributed by atoms with Crippen molar-refractivity contribution in [1.82, 2.24) is 14.9 Å². The number of aryl methyl sites for hydroxylation is 2. The molecule has 3 heterocycles. The minimum absolute atomic E-state index is 0.574. The van der Waals surface area contributed by atoms with Crippen LogP contribution in [-0.2, 0) is 19.5 Å². The highest BCUT2D eigenvalue weighted by atomic mass is 32.1. The van der Waals surface area contributed by atoms with Crippen LogP contribution in [0.4, 0.5) is 0 Å². The van der Waals surface area contributed by atoms with Gasteiger partial charge in [0.05, 0.1) is 6.54 Å². The molecule has 0 radical (unpaired) electrons. The van der Waals surface area contributed by atoms with Gasteiger partial charge in [-0.2, -0.15) is 0 Å². The number of nitrogens with one attached hydrogen (secondary N) is 1. The Kier molecular flexibility index (Phi) is 3.24. The van der Waals surface area contributed by atoms with E-state index in [4.69, 9.17) is 16.6 Å². The van der Waals surface area contributed by atoms with Crippen LogP contribution in [0.25, 0.3) is 0 Å². The van der Waals surface area contributed by atoms with Crippen molar-refractivity contribution in [3.8, 4) is 0 Å². The first-order valence-corrected chi connectivity index (χ1v) is 6.88. The molecule has 3 rings (SSSR count). The second kappa shape index (κ2) is 4.90. The van der Waals surface area contributed by atoms with Gasteiger partial charge in [0.15, 0.2) is 4.77 Å². The number of hydrogen-bond acceptors (Lipinski definition) is 4. The van der Waals surface area contributed by atoms with Gasteiger partial charge in [-0.25, -0.2) is 4.98 Å². The molecule has 100 valence electrons. The molecule has 1 N–H and O–H groups in total. The van der Waals surface area contributed by atoms with E-state index in [1.165, 1.54) is 16.8 Å². The summed E-state index contributed by atoms with van der Waals surface area (Å²) in [6.45, 7) is 6.85. The fourth-order valence-corrected chi connectivity index (χ4v) is 2.66. The zero-order valence-corrected chi connectivity index (χ0v) is 12.0. The van der Waals surface area contributed by atoms with Gasteiger partial charge < -0.3 is 9.40 Å². The fraction of sp³-hybridized carbons (Fsp3) is 0.429. The van der Waals surface area contributed by atoms with Crippen molar-refractivity contribution in [3.63, 3.8) is 0 Å². The van der Waals surface area contributed by atoms with Gasteiger partial charge in [0.2, 0.25) is 0 Å². The average molecular weight is 275 g/mol. The Morgan fingerprint density at radius 3 is 3.05 bits per heavy atom. The highest BCUT2D eigenvalue weighted by molar-refractivity contribution is 7.71. The Morgan fingerprint density at radius 2 is 2.32 bits per heavy atom. The Bertz CT molecular complexity index is 639. The van der Waals surface area contributed by atoms with Gasteiger partial charge in [-0.3, -0.25) is 4.90 Å². The van der Waals surface area contributed by atoms with Crippen LogP contribution in [0.3, 0.4) is 0 Å². The Labute approximate surface area is 117 Å². The van der Waals surface area contributed by atoms with Gasteiger partial charge in [-0.1, -0.05) is 0 Å². The van der Waals surface area contributed by atoms with E-state index < -0.39 is 0 Å². The SMILES string of the molecule is Cc1cc(CN2CCc3[nH]c(=S)ncc3C2)oc1C. The molecule has 0 aliphatic carbocycles. The molecule has 0 saturated carbocycles. The summed E-state index contributed by atoms with van der Waals surface area (Å²) in [5.74, 6) is 2.05. The van der Waals surface area contributed by atoms with Crippen LogP contribution in [0.2, 0.25) is 0 Å². The minimum atomic E-state index is 0.574. The molecule has 0 bridgehead atoms. The molecule has 0 fully saturated rings. The van der Waals surface area contributed by atoms with E-state index in [9.17, 15) is 0 Å². The number of rotatable bonds is 2. The van der Waals surface area contributed by atoms with Crippen molar-refractivity contribution >= 4 is 12.2 Å². The van der Waals surface area contributed by atoms with E-state index in [2.05, 4.69) is 27.9 Å². The molecule has 1 aliphatic rings. The summed E-state index contributed by atoms with van der Waals surface area (Å²) >= 11 is 5.05. The Morgan fingerprint density at radius 1 is 1.47 bits per heavy atom. The van der Waals surface area contributed by atoms with Crippen molar-refractivity contribution < 1.29 is 4.42 Å². The molecule has 1 aliphatic heterocycles.